The molecule has 0 fully saturated rings. The number of unbranched alkanes of at least 4 members (excludes halogenated alkanes) is 7. The third-order valence-corrected chi connectivity index (χ3v) is 3.31. The molecule has 0 heterocycles. The van der Waals surface area contributed by atoms with Gasteiger partial charge in [-0.1, -0.05) is 54.5 Å². The summed E-state index contributed by atoms with van der Waals surface area (Å²) in [6.45, 7) is 0. The molecular formula is C11H22BrS. The van der Waals surface area contributed by atoms with E-state index in [4.69, 9.17) is 0 Å². The van der Waals surface area contributed by atoms with Crippen molar-refractivity contribution in [3.63, 3.8) is 0 Å². The minimum absolute atomic E-state index is 1.17. The lowest BCUT2D eigenvalue weighted by Crippen LogP contribution is -1.82. The highest BCUT2D eigenvalue weighted by Gasteiger charge is 1.91. The molecule has 1 radical (unpaired) electrons. The Balaban J connectivity index is 2.76. The smallest absolute Gasteiger partial charge is 0.00313 e. The summed E-state index contributed by atoms with van der Waals surface area (Å²) in [6.07, 6.45) is 15.0. The molecule has 0 aromatic heterocycles. The van der Waals surface area contributed by atoms with E-state index in [0.717, 1.165) is 0 Å². The first-order chi connectivity index (χ1) is 6.41. The summed E-state index contributed by atoms with van der Waals surface area (Å²) in [7, 11) is 0. The minimum Gasteiger partial charge on any atom is -0.161 e. The van der Waals surface area contributed by atoms with E-state index in [1.807, 2.05) is 0 Å². The summed E-state index contributed by atoms with van der Waals surface area (Å²) in [5.74, 6) is 1.24. The van der Waals surface area contributed by atoms with E-state index in [1.165, 1.54) is 62.4 Å². The van der Waals surface area contributed by atoms with Crippen LogP contribution in [0.1, 0.15) is 51.4 Å². The lowest BCUT2D eigenvalue weighted by atomic mass is 10.1. The molecule has 0 aliphatic rings. The third-order valence-electron chi connectivity index (χ3n) is 2.17. The Kier molecular flexibility index (Phi) is 13.6. The average Bonchev–Trinajstić information content (AvgIpc) is 2.16. The molecule has 0 N–H and O–H groups in total. The highest BCUT2D eigenvalue weighted by atomic mass is 79.9. The molecular weight excluding hydrogens is 244 g/mol. The van der Waals surface area contributed by atoms with Gasteiger partial charge >= 0.3 is 0 Å². The molecule has 0 saturated heterocycles. The molecule has 0 aromatic carbocycles. The molecule has 0 aliphatic heterocycles. The quantitative estimate of drug-likeness (QED) is 0.395. The van der Waals surface area contributed by atoms with Gasteiger partial charge in [0.1, 0.15) is 0 Å². The molecule has 0 amide bonds. The van der Waals surface area contributed by atoms with Crippen LogP contribution < -0.4 is 0 Å². The number of hydrogen-bond acceptors (Lipinski definition) is 1. The van der Waals surface area contributed by atoms with Crippen molar-refractivity contribution >= 4 is 27.7 Å². The molecule has 13 heavy (non-hydrogen) atoms. The van der Waals surface area contributed by atoms with Crippen LogP contribution in [0.4, 0.5) is 0 Å². The Morgan fingerprint density at radius 3 is 1.69 bits per heavy atom. The predicted molar refractivity (Wildman–Crippen MR) is 68.5 cm³/mol. The highest BCUT2D eigenvalue weighted by Crippen LogP contribution is 2.10. The summed E-state index contributed by atoms with van der Waals surface area (Å²) in [5.41, 5.74) is 0. The lowest BCUT2D eigenvalue weighted by Gasteiger charge is -2.00. The van der Waals surface area contributed by atoms with Crippen molar-refractivity contribution in [1.82, 2.24) is 0 Å². The van der Waals surface area contributed by atoms with Crippen LogP contribution in [0.5, 0.6) is 0 Å². The van der Waals surface area contributed by atoms with Crippen molar-refractivity contribution in [3.05, 3.63) is 6.26 Å². The Morgan fingerprint density at radius 2 is 1.23 bits per heavy atom. The first kappa shape index (κ1) is 13.8. The average molecular weight is 266 g/mol. The van der Waals surface area contributed by atoms with Crippen LogP contribution in [-0.2, 0) is 0 Å². The van der Waals surface area contributed by atoms with Crippen molar-refractivity contribution < 1.29 is 0 Å². The molecule has 79 valence electrons. The van der Waals surface area contributed by atoms with Crippen molar-refractivity contribution in [2.75, 3.05) is 11.1 Å². The fourth-order valence-corrected chi connectivity index (χ4v) is 2.16. The van der Waals surface area contributed by atoms with Crippen LogP contribution in [0.3, 0.4) is 0 Å². The van der Waals surface area contributed by atoms with Crippen LogP contribution in [-0.4, -0.2) is 11.1 Å². The zero-order valence-electron chi connectivity index (χ0n) is 8.56. The Morgan fingerprint density at radius 1 is 0.769 bits per heavy atom. The molecule has 0 nitrogen and oxygen atoms in total. The maximum Gasteiger partial charge on any atom is 0.00313 e. The summed E-state index contributed by atoms with van der Waals surface area (Å²) in [5, 5.41) is 1.17. The molecule has 0 aliphatic carbocycles. The van der Waals surface area contributed by atoms with Crippen LogP contribution in [0.2, 0.25) is 0 Å². The van der Waals surface area contributed by atoms with E-state index in [1.54, 1.807) is 11.8 Å². The normalized spacial score (nSPS) is 10.6. The maximum absolute atomic E-state index is 3.77. The first-order valence-electron chi connectivity index (χ1n) is 5.34. The first-order valence-corrected chi connectivity index (χ1v) is 7.62. The molecule has 0 unspecified atom stereocenters. The van der Waals surface area contributed by atoms with Crippen LogP contribution >= 0.6 is 27.7 Å². The molecule has 0 saturated carbocycles. The third kappa shape index (κ3) is 12.8. The van der Waals surface area contributed by atoms with Gasteiger partial charge in [-0.15, -0.1) is 0 Å². The van der Waals surface area contributed by atoms with E-state index in [-0.39, 0.29) is 0 Å². The Hall–Kier alpha value is 0.830. The van der Waals surface area contributed by atoms with Crippen molar-refractivity contribution in [2.24, 2.45) is 0 Å². The largest absolute Gasteiger partial charge is 0.161 e. The maximum atomic E-state index is 3.77. The van der Waals surface area contributed by atoms with Gasteiger partial charge in [-0.25, -0.2) is 0 Å². The van der Waals surface area contributed by atoms with Gasteiger partial charge in [0.15, 0.2) is 0 Å². The van der Waals surface area contributed by atoms with Crippen molar-refractivity contribution in [2.45, 2.75) is 51.4 Å². The second kappa shape index (κ2) is 12.8. The van der Waals surface area contributed by atoms with Crippen LogP contribution in [0.15, 0.2) is 0 Å². The van der Waals surface area contributed by atoms with Gasteiger partial charge in [0.2, 0.25) is 0 Å². The van der Waals surface area contributed by atoms with Gasteiger partial charge in [0.25, 0.3) is 0 Å². The molecule has 2 heteroatoms. The molecule has 0 rings (SSSR count). The molecule has 0 spiro atoms. The van der Waals surface area contributed by atoms with Crippen molar-refractivity contribution in [3.8, 4) is 0 Å². The zero-order chi connectivity index (χ0) is 9.78. The number of alkyl halides is 1. The predicted octanol–water partition coefficient (Wildman–Crippen LogP) is 5.03. The van der Waals surface area contributed by atoms with Crippen LogP contribution in [0, 0.1) is 6.26 Å². The van der Waals surface area contributed by atoms with Gasteiger partial charge in [-0.05, 0) is 18.6 Å². The second-order valence-corrected chi connectivity index (χ2v) is 5.04. The summed E-state index contributed by atoms with van der Waals surface area (Å²) >= 11 is 5.17. The van der Waals surface area contributed by atoms with Gasteiger partial charge in [-0.2, -0.15) is 11.8 Å². The van der Waals surface area contributed by atoms with E-state index in [9.17, 15) is 0 Å². The van der Waals surface area contributed by atoms with Crippen LogP contribution in [0.25, 0.3) is 0 Å². The number of rotatable bonds is 10. The second-order valence-electron chi connectivity index (χ2n) is 3.43. The number of thioether (sulfide) groups is 1. The van der Waals surface area contributed by atoms with Gasteiger partial charge in [0.05, 0.1) is 0 Å². The van der Waals surface area contributed by atoms with Crippen molar-refractivity contribution in [1.29, 1.82) is 0 Å². The monoisotopic (exact) mass is 265 g/mol. The Bertz CT molecular complexity index is 76.2. The molecule has 0 aromatic rings. The van der Waals surface area contributed by atoms with E-state index in [2.05, 4.69) is 22.2 Å². The molecule has 0 atom stereocenters. The number of hydrogen-bond donors (Lipinski definition) is 0. The Labute approximate surface area is 96.4 Å². The highest BCUT2D eigenvalue weighted by molar-refractivity contribution is 9.09. The van der Waals surface area contributed by atoms with Gasteiger partial charge in [0, 0.05) is 11.6 Å². The van der Waals surface area contributed by atoms with E-state index >= 15 is 0 Å². The molecule has 0 bridgehead atoms. The standard InChI is InChI=1S/C11H22BrS/c1-13-11-9-7-5-3-2-4-6-8-10-12/h1-11H2. The summed E-state index contributed by atoms with van der Waals surface area (Å²) in [4.78, 5) is 0. The summed E-state index contributed by atoms with van der Waals surface area (Å²) < 4.78 is 0. The SMILES string of the molecule is [CH2]SCCCCCCCCCCBr. The topological polar surface area (TPSA) is 0 Å². The van der Waals surface area contributed by atoms with E-state index < -0.39 is 0 Å². The van der Waals surface area contributed by atoms with Gasteiger partial charge < -0.3 is 0 Å². The zero-order valence-corrected chi connectivity index (χ0v) is 11.0. The van der Waals surface area contributed by atoms with E-state index in [0.29, 0.717) is 0 Å². The van der Waals surface area contributed by atoms with Gasteiger partial charge in [-0.3, -0.25) is 0 Å². The minimum atomic E-state index is 1.17. The lowest BCUT2D eigenvalue weighted by molar-refractivity contribution is 0.588. The number of halogens is 1. The summed E-state index contributed by atoms with van der Waals surface area (Å²) in [6, 6.07) is 0. The fourth-order valence-electron chi connectivity index (χ4n) is 1.36. The fraction of sp³-hybridized carbons (Fsp3) is 0.909.